The summed E-state index contributed by atoms with van der Waals surface area (Å²) in [6.45, 7) is 3.80. The van der Waals surface area contributed by atoms with Crippen molar-refractivity contribution in [3.63, 3.8) is 0 Å². The Labute approximate surface area is 176 Å². The van der Waals surface area contributed by atoms with Crippen LogP contribution < -0.4 is 11.1 Å². The number of pyridine rings is 1. The van der Waals surface area contributed by atoms with Crippen LogP contribution in [-0.4, -0.2) is 21.0 Å². The highest BCUT2D eigenvalue weighted by molar-refractivity contribution is 7.19. The summed E-state index contributed by atoms with van der Waals surface area (Å²) < 4.78 is 28.3. The van der Waals surface area contributed by atoms with Crippen LogP contribution in [0.1, 0.15) is 22.9 Å². The second-order valence-electron chi connectivity index (χ2n) is 5.79. The summed E-state index contributed by atoms with van der Waals surface area (Å²) in [6.07, 6.45) is 2.65. The molecule has 0 spiro atoms. The number of nitrogens with one attached hydrogen (secondary N) is 1. The van der Waals surface area contributed by atoms with Gasteiger partial charge in [-0.15, -0.1) is 36.2 Å². The molecule has 0 radical (unpaired) electrons. The molecule has 0 bridgehead atoms. The fraction of sp³-hybridized carbons (Fsp3) is 0.312. The lowest BCUT2D eigenvalue weighted by atomic mass is 10.1. The molecule has 27 heavy (non-hydrogen) atoms. The van der Waals surface area contributed by atoms with Crippen molar-refractivity contribution in [2.75, 3.05) is 5.32 Å². The van der Waals surface area contributed by atoms with Gasteiger partial charge < -0.3 is 11.1 Å². The zero-order valence-corrected chi connectivity index (χ0v) is 17.6. The fourth-order valence-corrected chi connectivity index (χ4v) is 4.01. The van der Waals surface area contributed by atoms with Crippen molar-refractivity contribution in [1.82, 2.24) is 15.0 Å². The SMILES string of the molecule is Cc1c(CC(C)N)sc2c(NCc3c(F)cncc3F)nc(Cl)nc12.Cl.Cl. The van der Waals surface area contributed by atoms with Crippen LogP contribution in [0.5, 0.6) is 0 Å². The first-order valence-electron chi connectivity index (χ1n) is 7.59. The van der Waals surface area contributed by atoms with E-state index in [9.17, 15) is 8.78 Å². The van der Waals surface area contributed by atoms with E-state index in [4.69, 9.17) is 17.3 Å². The summed E-state index contributed by atoms with van der Waals surface area (Å²) in [5, 5.41) is 3.02. The van der Waals surface area contributed by atoms with Crippen molar-refractivity contribution >= 4 is 63.8 Å². The van der Waals surface area contributed by atoms with Crippen LogP contribution in [0.2, 0.25) is 5.28 Å². The maximum atomic E-state index is 13.7. The normalized spacial score (nSPS) is 11.6. The quantitative estimate of drug-likeness (QED) is 0.546. The molecule has 0 amide bonds. The molecule has 0 saturated heterocycles. The molecule has 11 heteroatoms. The number of rotatable bonds is 5. The number of anilines is 1. The van der Waals surface area contributed by atoms with E-state index in [1.54, 1.807) is 0 Å². The first-order valence-corrected chi connectivity index (χ1v) is 8.79. The molecular weight excluding hydrogens is 439 g/mol. The fourth-order valence-electron chi connectivity index (χ4n) is 2.49. The summed E-state index contributed by atoms with van der Waals surface area (Å²) in [5.74, 6) is -0.998. The number of halogens is 5. The van der Waals surface area contributed by atoms with Gasteiger partial charge in [0.1, 0.15) is 17.5 Å². The largest absolute Gasteiger partial charge is 0.364 e. The number of fused-ring (bicyclic) bond motifs is 1. The predicted octanol–water partition coefficient (Wildman–Crippen LogP) is 4.67. The van der Waals surface area contributed by atoms with Crippen LogP contribution in [0.3, 0.4) is 0 Å². The van der Waals surface area contributed by atoms with Crippen LogP contribution in [0.4, 0.5) is 14.6 Å². The lowest BCUT2D eigenvalue weighted by Gasteiger charge is -2.08. The molecule has 0 aliphatic rings. The van der Waals surface area contributed by atoms with Crippen LogP contribution >= 0.6 is 47.8 Å². The van der Waals surface area contributed by atoms with E-state index < -0.39 is 11.6 Å². The third kappa shape index (κ3) is 5.14. The van der Waals surface area contributed by atoms with E-state index in [0.717, 1.165) is 33.1 Å². The van der Waals surface area contributed by atoms with E-state index in [1.165, 1.54) is 11.3 Å². The number of nitrogens with two attached hydrogens (primary N) is 1. The maximum Gasteiger partial charge on any atom is 0.224 e. The topological polar surface area (TPSA) is 76.7 Å². The monoisotopic (exact) mass is 455 g/mol. The lowest BCUT2D eigenvalue weighted by Crippen LogP contribution is -2.17. The molecule has 0 aromatic carbocycles. The molecule has 3 N–H and O–H groups in total. The van der Waals surface area contributed by atoms with Crippen molar-refractivity contribution in [2.24, 2.45) is 5.73 Å². The van der Waals surface area contributed by atoms with Gasteiger partial charge in [0.2, 0.25) is 5.28 Å². The Kier molecular flexibility index (Phi) is 8.56. The average molecular weight is 457 g/mol. The molecule has 3 heterocycles. The third-order valence-corrected chi connectivity index (χ3v) is 5.21. The minimum absolute atomic E-state index is 0. The molecule has 5 nitrogen and oxygen atoms in total. The van der Waals surface area contributed by atoms with Crippen molar-refractivity contribution in [3.8, 4) is 0 Å². The van der Waals surface area contributed by atoms with Gasteiger partial charge in [0, 0.05) is 23.0 Å². The Morgan fingerprint density at radius 1 is 1.22 bits per heavy atom. The first kappa shape index (κ1) is 23.7. The van der Waals surface area contributed by atoms with Gasteiger partial charge in [0.15, 0.2) is 0 Å². The molecule has 0 aliphatic carbocycles. The third-order valence-electron chi connectivity index (χ3n) is 3.73. The van der Waals surface area contributed by atoms with Gasteiger partial charge in [-0.1, -0.05) is 0 Å². The summed E-state index contributed by atoms with van der Waals surface area (Å²) >= 11 is 7.52. The molecule has 3 rings (SSSR count). The zero-order chi connectivity index (χ0) is 18.1. The molecule has 3 aromatic rings. The van der Waals surface area contributed by atoms with Crippen LogP contribution in [0, 0.1) is 18.6 Å². The van der Waals surface area contributed by atoms with Gasteiger partial charge in [-0.2, -0.15) is 4.98 Å². The Morgan fingerprint density at radius 2 is 1.85 bits per heavy atom. The van der Waals surface area contributed by atoms with E-state index in [-0.39, 0.29) is 48.2 Å². The maximum absolute atomic E-state index is 13.7. The standard InChI is InChI=1S/C16H16ClF2N5S.2ClH/c1-7(20)3-12-8(2)13-14(25-12)15(24-16(17)23-13)22-4-9-10(18)5-21-6-11(9)19;;/h5-7H,3-4,20H2,1-2H3,(H,22,23,24);2*1H. The van der Waals surface area contributed by atoms with Gasteiger partial charge in [-0.25, -0.2) is 13.8 Å². The number of aryl methyl sites for hydroxylation is 1. The summed E-state index contributed by atoms with van der Waals surface area (Å²) in [5.41, 5.74) is 7.49. The van der Waals surface area contributed by atoms with E-state index in [2.05, 4.69) is 20.3 Å². The second kappa shape index (κ2) is 9.75. The molecule has 1 unspecified atom stereocenters. The molecule has 148 valence electrons. The molecular formula is C16H18Cl3F2N5S. The predicted molar refractivity (Wildman–Crippen MR) is 110 cm³/mol. The number of thiophene rings is 1. The van der Waals surface area contributed by atoms with E-state index in [0.29, 0.717) is 12.2 Å². The molecule has 0 aliphatic heterocycles. The van der Waals surface area contributed by atoms with E-state index >= 15 is 0 Å². The summed E-state index contributed by atoms with van der Waals surface area (Å²) in [6, 6.07) is 0.00612. The Bertz CT molecular complexity index is 916. The van der Waals surface area contributed by atoms with Crippen LogP contribution in [0.15, 0.2) is 12.4 Å². The number of hydrogen-bond donors (Lipinski definition) is 2. The molecule has 3 aromatic heterocycles. The van der Waals surface area contributed by atoms with Crippen molar-refractivity contribution in [1.29, 1.82) is 0 Å². The van der Waals surface area contributed by atoms with Crippen molar-refractivity contribution in [3.05, 3.63) is 45.3 Å². The first-order chi connectivity index (χ1) is 11.9. The zero-order valence-electron chi connectivity index (χ0n) is 14.4. The van der Waals surface area contributed by atoms with Gasteiger partial charge in [-0.3, -0.25) is 4.98 Å². The summed E-state index contributed by atoms with van der Waals surface area (Å²) in [7, 11) is 0. The highest BCUT2D eigenvalue weighted by Crippen LogP contribution is 2.35. The van der Waals surface area contributed by atoms with Crippen molar-refractivity contribution < 1.29 is 8.78 Å². The van der Waals surface area contributed by atoms with Crippen molar-refractivity contribution in [2.45, 2.75) is 32.9 Å². The smallest absolute Gasteiger partial charge is 0.224 e. The van der Waals surface area contributed by atoms with Gasteiger partial charge in [-0.05, 0) is 37.4 Å². The minimum Gasteiger partial charge on any atom is -0.364 e. The number of aromatic nitrogens is 3. The van der Waals surface area contributed by atoms with E-state index in [1.807, 2.05) is 13.8 Å². The molecule has 0 saturated carbocycles. The molecule has 1 atom stereocenters. The number of nitrogens with zero attached hydrogens (tertiary/aromatic N) is 3. The molecule has 0 fully saturated rings. The number of hydrogen-bond acceptors (Lipinski definition) is 6. The second-order valence-corrected chi connectivity index (χ2v) is 7.23. The summed E-state index contributed by atoms with van der Waals surface area (Å²) in [4.78, 5) is 13.0. The highest BCUT2D eigenvalue weighted by atomic mass is 35.5. The van der Waals surface area contributed by atoms with Gasteiger partial charge >= 0.3 is 0 Å². The highest BCUT2D eigenvalue weighted by Gasteiger charge is 2.17. The Morgan fingerprint density at radius 3 is 2.44 bits per heavy atom. The van der Waals surface area contributed by atoms with Gasteiger partial charge in [0.05, 0.1) is 22.6 Å². The minimum atomic E-state index is -0.719. The van der Waals surface area contributed by atoms with Crippen LogP contribution in [0.25, 0.3) is 10.2 Å². The Balaban J connectivity index is 0.00000182. The Hall–Kier alpha value is -1.32. The van der Waals surface area contributed by atoms with Gasteiger partial charge in [0.25, 0.3) is 0 Å². The average Bonchev–Trinajstić information content (AvgIpc) is 2.83. The van der Waals surface area contributed by atoms with Crippen LogP contribution in [-0.2, 0) is 13.0 Å². The lowest BCUT2D eigenvalue weighted by molar-refractivity contribution is 0.550.